The molecule has 0 saturated heterocycles. The second-order valence-electron chi connectivity index (χ2n) is 4.36. The van der Waals surface area contributed by atoms with Gasteiger partial charge in [0.25, 0.3) is 0 Å². The van der Waals surface area contributed by atoms with E-state index < -0.39 is 0 Å². The number of aromatic amines is 2. The zero-order valence-corrected chi connectivity index (χ0v) is 9.88. The first-order valence-electron chi connectivity index (χ1n) is 5.90. The molecule has 94 valence electrons. The molecule has 6 nitrogen and oxygen atoms in total. The Balaban J connectivity index is 2.05. The van der Waals surface area contributed by atoms with Crippen LogP contribution in [0, 0.1) is 0 Å². The molecule has 19 heavy (non-hydrogen) atoms. The van der Waals surface area contributed by atoms with Crippen molar-refractivity contribution in [3.63, 3.8) is 0 Å². The van der Waals surface area contributed by atoms with Gasteiger partial charge in [-0.05, 0) is 18.2 Å². The van der Waals surface area contributed by atoms with Crippen LogP contribution in [0.4, 0.5) is 0 Å². The van der Waals surface area contributed by atoms with Crippen molar-refractivity contribution in [1.82, 2.24) is 19.5 Å². The van der Waals surface area contributed by atoms with Gasteiger partial charge in [0.15, 0.2) is 0 Å². The Morgan fingerprint density at radius 1 is 1.37 bits per heavy atom. The van der Waals surface area contributed by atoms with E-state index in [1.165, 1.54) is 0 Å². The van der Waals surface area contributed by atoms with Crippen LogP contribution in [0.1, 0.15) is 5.76 Å². The fraction of sp³-hybridized carbons (Fsp3) is 0.0769. The molecule has 0 spiro atoms. The van der Waals surface area contributed by atoms with Crippen LogP contribution < -0.4 is 5.69 Å². The van der Waals surface area contributed by atoms with Crippen LogP contribution in [0.15, 0.2) is 46.1 Å². The van der Waals surface area contributed by atoms with Gasteiger partial charge >= 0.3 is 5.69 Å². The molecule has 2 N–H and O–H groups in total. The molecule has 0 radical (unpaired) electrons. The average Bonchev–Trinajstić information content (AvgIpc) is 3.10. The SMILES string of the molecule is O=c1[nH]c2cnc3[nH]ccc3c2n1Cc1ccco1. The van der Waals surface area contributed by atoms with E-state index in [1.807, 2.05) is 24.4 Å². The number of rotatable bonds is 2. The minimum Gasteiger partial charge on any atom is -0.467 e. The quantitative estimate of drug-likeness (QED) is 0.573. The van der Waals surface area contributed by atoms with Crippen molar-refractivity contribution in [3.8, 4) is 0 Å². The summed E-state index contributed by atoms with van der Waals surface area (Å²) in [7, 11) is 0. The molecular weight excluding hydrogens is 244 g/mol. The molecule has 0 saturated carbocycles. The van der Waals surface area contributed by atoms with E-state index in [2.05, 4.69) is 15.0 Å². The van der Waals surface area contributed by atoms with Crippen molar-refractivity contribution >= 4 is 22.1 Å². The minimum absolute atomic E-state index is 0.165. The average molecular weight is 254 g/mol. The molecule has 0 bridgehead atoms. The predicted octanol–water partition coefficient (Wildman–Crippen LogP) is 1.85. The highest BCUT2D eigenvalue weighted by Gasteiger charge is 2.12. The molecule has 4 aromatic rings. The number of nitrogens with zero attached hydrogens (tertiary/aromatic N) is 2. The highest BCUT2D eigenvalue weighted by Crippen LogP contribution is 2.21. The van der Waals surface area contributed by atoms with Gasteiger partial charge in [-0.3, -0.25) is 4.57 Å². The van der Waals surface area contributed by atoms with Gasteiger partial charge in [0.05, 0.1) is 30.0 Å². The molecule has 0 atom stereocenters. The fourth-order valence-electron chi connectivity index (χ4n) is 2.37. The van der Waals surface area contributed by atoms with Crippen LogP contribution in [0.2, 0.25) is 0 Å². The number of fused-ring (bicyclic) bond motifs is 3. The molecule has 4 rings (SSSR count). The van der Waals surface area contributed by atoms with Crippen molar-refractivity contribution in [1.29, 1.82) is 0 Å². The van der Waals surface area contributed by atoms with Crippen LogP contribution in [-0.4, -0.2) is 19.5 Å². The molecule has 4 heterocycles. The third kappa shape index (κ3) is 1.43. The van der Waals surface area contributed by atoms with Gasteiger partial charge in [-0.15, -0.1) is 0 Å². The Morgan fingerprint density at radius 3 is 3.16 bits per heavy atom. The number of pyridine rings is 1. The summed E-state index contributed by atoms with van der Waals surface area (Å²) in [5, 5.41) is 0.919. The summed E-state index contributed by atoms with van der Waals surface area (Å²) in [6, 6.07) is 5.57. The molecule has 0 aliphatic heterocycles. The van der Waals surface area contributed by atoms with E-state index in [1.54, 1.807) is 17.0 Å². The number of hydrogen-bond donors (Lipinski definition) is 2. The Morgan fingerprint density at radius 2 is 2.32 bits per heavy atom. The maximum atomic E-state index is 12.1. The first-order valence-corrected chi connectivity index (χ1v) is 5.90. The Bertz CT molecular complexity index is 911. The molecule has 0 amide bonds. The maximum absolute atomic E-state index is 12.1. The molecule has 0 aromatic carbocycles. The van der Waals surface area contributed by atoms with Gasteiger partial charge in [0, 0.05) is 11.6 Å². The van der Waals surface area contributed by atoms with E-state index in [-0.39, 0.29) is 5.69 Å². The first kappa shape index (κ1) is 10.2. The second kappa shape index (κ2) is 3.61. The molecule has 6 heteroatoms. The number of imidazole rings is 1. The molecule has 4 aromatic heterocycles. The van der Waals surface area contributed by atoms with Gasteiger partial charge in [0.1, 0.15) is 11.4 Å². The van der Waals surface area contributed by atoms with Gasteiger partial charge in [0.2, 0.25) is 0 Å². The van der Waals surface area contributed by atoms with Crippen molar-refractivity contribution < 1.29 is 4.42 Å². The lowest BCUT2D eigenvalue weighted by Crippen LogP contribution is -2.17. The summed E-state index contributed by atoms with van der Waals surface area (Å²) in [5.74, 6) is 0.739. The largest absolute Gasteiger partial charge is 0.467 e. The third-order valence-corrected chi connectivity index (χ3v) is 3.21. The smallest absolute Gasteiger partial charge is 0.326 e. The number of H-pyrrole nitrogens is 2. The molecular formula is C13H10N4O2. The standard InChI is InChI=1S/C13H10N4O2/c18-13-16-10-6-15-12-9(3-4-14-12)11(10)17(13)7-8-2-1-5-19-8/h1-6H,7H2,(H,14,15)(H,16,18). The van der Waals surface area contributed by atoms with Crippen molar-refractivity contribution in [3.05, 3.63) is 53.1 Å². The van der Waals surface area contributed by atoms with Crippen molar-refractivity contribution in [2.24, 2.45) is 0 Å². The van der Waals surface area contributed by atoms with E-state index in [0.29, 0.717) is 6.54 Å². The Labute approximate surface area is 106 Å². The topological polar surface area (TPSA) is 79.6 Å². The zero-order chi connectivity index (χ0) is 12.8. The molecule has 0 fully saturated rings. The highest BCUT2D eigenvalue weighted by atomic mass is 16.3. The fourth-order valence-corrected chi connectivity index (χ4v) is 2.37. The molecule has 0 aliphatic rings. The first-order chi connectivity index (χ1) is 9.33. The lowest BCUT2D eigenvalue weighted by Gasteiger charge is -2.01. The Kier molecular flexibility index (Phi) is 1.94. The van der Waals surface area contributed by atoms with Gasteiger partial charge in [-0.2, -0.15) is 0 Å². The second-order valence-corrected chi connectivity index (χ2v) is 4.36. The van der Waals surface area contributed by atoms with Crippen LogP contribution in [0.3, 0.4) is 0 Å². The van der Waals surface area contributed by atoms with E-state index in [9.17, 15) is 4.79 Å². The summed E-state index contributed by atoms with van der Waals surface area (Å²) in [4.78, 5) is 22.2. The number of furan rings is 1. The zero-order valence-electron chi connectivity index (χ0n) is 9.88. The minimum atomic E-state index is -0.165. The lowest BCUT2D eigenvalue weighted by atomic mass is 10.3. The van der Waals surface area contributed by atoms with Gasteiger partial charge in [-0.1, -0.05) is 0 Å². The summed E-state index contributed by atoms with van der Waals surface area (Å²) in [6.45, 7) is 0.399. The lowest BCUT2D eigenvalue weighted by molar-refractivity contribution is 0.493. The molecule has 0 unspecified atom stereocenters. The normalized spacial score (nSPS) is 11.6. The Hall–Kier alpha value is -2.76. The number of nitrogens with one attached hydrogen (secondary N) is 2. The maximum Gasteiger partial charge on any atom is 0.326 e. The number of aromatic nitrogens is 4. The van der Waals surface area contributed by atoms with Crippen LogP contribution in [0.25, 0.3) is 22.1 Å². The van der Waals surface area contributed by atoms with Crippen LogP contribution in [-0.2, 0) is 6.54 Å². The highest BCUT2D eigenvalue weighted by molar-refractivity contribution is 6.00. The summed E-state index contributed by atoms with van der Waals surface area (Å²) >= 11 is 0. The van der Waals surface area contributed by atoms with E-state index >= 15 is 0 Å². The monoisotopic (exact) mass is 254 g/mol. The van der Waals surface area contributed by atoms with E-state index in [0.717, 1.165) is 27.8 Å². The predicted molar refractivity (Wildman–Crippen MR) is 70.0 cm³/mol. The summed E-state index contributed by atoms with van der Waals surface area (Å²) in [6.07, 6.45) is 5.07. The molecule has 0 aliphatic carbocycles. The third-order valence-electron chi connectivity index (χ3n) is 3.21. The van der Waals surface area contributed by atoms with Crippen LogP contribution in [0.5, 0.6) is 0 Å². The summed E-state index contributed by atoms with van der Waals surface area (Å²) < 4.78 is 6.97. The van der Waals surface area contributed by atoms with Crippen LogP contribution >= 0.6 is 0 Å². The van der Waals surface area contributed by atoms with Gasteiger partial charge in [-0.25, -0.2) is 9.78 Å². The number of hydrogen-bond acceptors (Lipinski definition) is 3. The van der Waals surface area contributed by atoms with Crippen molar-refractivity contribution in [2.45, 2.75) is 6.54 Å². The van der Waals surface area contributed by atoms with Gasteiger partial charge < -0.3 is 14.4 Å². The van der Waals surface area contributed by atoms with Crippen molar-refractivity contribution in [2.75, 3.05) is 0 Å². The summed E-state index contributed by atoms with van der Waals surface area (Å²) in [5.41, 5.74) is 2.16. The van der Waals surface area contributed by atoms with E-state index in [4.69, 9.17) is 4.42 Å².